The first-order valence-electron chi connectivity index (χ1n) is 4.58. The van der Waals surface area contributed by atoms with Crippen molar-refractivity contribution in [1.29, 1.82) is 0 Å². The maximum absolute atomic E-state index is 13.1. The predicted molar refractivity (Wildman–Crippen MR) is 51.0 cm³/mol. The second kappa shape index (κ2) is 4.97. The molecular formula is C11H15FO. The van der Waals surface area contributed by atoms with Gasteiger partial charge < -0.3 is 5.11 Å². The molecule has 1 nitrogen and oxygen atoms in total. The summed E-state index contributed by atoms with van der Waals surface area (Å²) in [5, 5.41) is 8.79. The SMILES string of the molecule is CC(CO)CCc1ccccc1F. The number of benzene rings is 1. The Bertz CT molecular complexity index is 260. The molecule has 0 bridgehead atoms. The van der Waals surface area contributed by atoms with Gasteiger partial charge >= 0.3 is 0 Å². The molecule has 0 aromatic heterocycles. The average Bonchev–Trinajstić information content (AvgIpc) is 2.16. The maximum atomic E-state index is 13.1. The second-order valence-electron chi connectivity index (χ2n) is 3.42. The molecule has 0 spiro atoms. The van der Waals surface area contributed by atoms with Crippen LogP contribution in [0.2, 0.25) is 0 Å². The quantitative estimate of drug-likeness (QED) is 0.758. The van der Waals surface area contributed by atoms with Crippen molar-refractivity contribution in [3.63, 3.8) is 0 Å². The van der Waals surface area contributed by atoms with Crippen LogP contribution in [0.25, 0.3) is 0 Å². The van der Waals surface area contributed by atoms with E-state index in [2.05, 4.69) is 0 Å². The minimum Gasteiger partial charge on any atom is -0.396 e. The first-order chi connectivity index (χ1) is 6.24. The largest absolute Gasteiger partial charge is 0.396 e. The van der Waals surface area contributed by atoms with Gasteiger partial charge in [0, 0.05) is 6.61 Å². The standard InChI is InChI=1S/C11H15FO/c1-9(8-13)6-7-10-4-2-3-5-11(10)12/h2-5,9,13H,6-8H2,1H3. The fraction of sp³-hybridized carbons (Fsp3) is 0.455. The number of hydrogen-bond donors (Lipinski definition) is 1. The molecule has 0 saturated heterocycles. The molecule has 0 fully saturated rings. The number of aliphatic hydroxyl groups is 1. The normalized spacial score (nSPS) is 12.8. The molecule has 1 rings (SSSR count). The Labute approximate surface area is 78.2 Å². The van der Waals surface area contributed by atoms with Crippen molar-refractivity contribution >= 4 is 0 Å². The number of hydrogen-bond acceptors (Lipinski definition) is 1. The van der Waals surface area contributed by atoms with Crippen LogP contribution in [0, 0.1) is 11.7 Å². The monoisotopic (exact) mass is 182 g/mol. The highest BCUT2D eigenvalue weighted by Crippen LogP contribution is 2.12. The van der Waals surface area contributed by atoms with E-state index < -0.39 is 0 Å². The van der Waals surface area contributed by atoms with Crippen molar-refractivity contribution in [1.82, 2.24) is 0 Å². The van der Waals surface area contributed by atoms with Gasteiger partial charge in [-0.3, -0.25) is 0 Å². The summed E-state index contributed by atoms with van der Waals surface area (Å²) in [6, 6.07) is 6.79. The fourth-order valence-electron chi connectivity index (χ4n) is 1.19. The molecule has 72 valence electrons. The Kier molecular flexibility index (Phi) is 3.90. The van der Waals surface area contributed by atoms with Crippen LogP contribution in [0.5, 0.6) is 0 Å². The fourth-order valence-corrected chi connectivity index (χ4v) is 1.19. The van der Waals surface area contributed by atoms with Crippen LogP contribution in [-0.2, 0) is 6.42 Å². The van der Waals surface area contributed by atoms with Crippen molar-refractivity contribution in [2.24, 2.45) is 5.92 Å². The Hall–Kier alpha value is -0.890. The number of rotatable bonds is 4. The van der Waals surface area contributed by atoms with Gasteiger partial charge in [-0.25, -0.2) is 4.39 Å². The Morgan fingerprint density at radius 3 is 2.69 bits per heavy atom. The summed E-state index contributed by atoms with van der Waals surface area (Å²) in [4.78, 5) is 0. The van der Waals surface area contributed by atoms with Crippen LogP contribution in [0.15, 0.2) is 24.3 Å². The van der Waals surface area contributed by atoms with E-state index in [0.29, 0.717) is 6.42 Å². The summed E-state index contributed by atoms with van der Waals surface area (Å²) in [7, 11) is 0. The van der Waals surface area contributed by atoms with Gasteiger partial charge in [-0.2, -0.15) is 0 Å². The molecule has 0 heterocycles. The van der Waals surface area contributed by atoms with Gasteiger partial charge in [0.15, 0.2) is 0 Å². The van der Waals surface area contributed by atoms with Crippen LogP contribution in [0.4, 0.5) is 4.39 Å². The van der Waals surface area contributed by atoms with E-state index in [0.717, 1.165) is 12.0 Å². The summed E-state index contributed by atoms with van der Waals surface area (Å²) >= 11 is 0. The van der Waals surface area contributed by atoms with Crippen molar-refractivity contribution in [3.05, 3.63) is 35.6 Å². The van der Waals surface area contributed by atoms with E-state index in [4.69, 9.17) is 5.11 Å². The topological polar surface area (TPSA) is 20.2 Å². The lowest BCUT2D eigenvalue weighted by atomic mass is 10.0. The van der Waals surface area contributed by atoms with E-state index in [1.54, 1.807) is 12.1 Å². The van der Waals surface area contributed by atoms with Crippen molar-refractivity contribution < 1.29 is 9.50 Å². The van der Waals surface area contributed by atoms with Crippen molar-refractivity contribution in [3.8, 4) is 0 Å². The summed E-state index contributed by atoms with van der Waals surface area (Å²) < 4.78 is 13.1. The minimum atomic E-state index is -0.146. The minimum absolute atomic E-state index is 0.146. The zero-order valence-electron chi connectivity index (χ0n) is 7.83. The molecule has 0 amide bonds. The van der Waals surface area contributed by atoms with Crippen LogP contribution < -0.4 is 0 Å². The van der Waals surface area contributed by atoms with Gasteiger partial charge in [0.1, 0.15) is 5.82 Å². The van der Waals surface area contributed by atoms with Gasteiger partial charge in [0.05, 0.1) is 0 Å². The number of aryl methyl sites for hydroxylation is 1. The average molecular weight is 182 g/mol. The van der Waals surface area contributed by atoms with Gasteiger partial charge in [-0.1, -0.05) is 25.1 Å². The van der Waals surface area contributed by atoms with E-state index >= 15 is 0 Å². The number of halogens is 1. The predicted octanol–water partition coefficient (Wildman–Crippen LogP) is 2.39. The Morgan fingerprint density at radius 1 is 1.38 bits per heavy atom. The van der Waals surface area contributed by atoms with E-state index in [1.165, 1.54) is 6.07 Å². The van der Waals surface area contributed by atoms with Gasteiger partial charge in [0.25, 0.3) is 0 Å². The highest BCUT2D eigenvalue weighted by Gasteiger charge is 2.03. The molecule has 0 aliphatic carbocycles. The second-order valence-corrected chi connectivity index (χ2v) is 3.42. The first-order valence-corrected chi connectivity index (χ1v) is 4.58. The molecular weight excluding hydrogens is 167 g/mol. The molecule has 1 aromatic carbocycles. The van der Waals surface area contributed by atoms with Crippen LogP contribution in [0.3, 0.4) is 0 Å². The first kappa shape index (κ1) is 10.2. The lowest BCUT2D eigenvalue weighted by Crippen LogP contribution is -2.03. The van der Waals surface area contributed by atoms with Gasteiger partial charge in [-0.15, -0.1) is 0 Å². The molecule has 0 aliphatic rings. The van der Waals surface area contributed by atoms with E-state index in [9.17, 15) is 4.39 Å². The lowest BCUT2D eigenvalue weighted by molar-refractivity contribution is 0.230. The molecule has 0 radical (unpaired) electrons. The molecule has 0 aliphatic heterocycles. The maximum Gasteiger partial charge on any atom is 0.126 e. The zero-order valence-corrected chi connectivity index (χ0v) is 7.83. The molecule has 1 unspecified atom stereocenters. The molecule has 2 heteroatoms. The molecule has 0 saturated carbocycles. The van der Waals surface area contributed by atoms with Gasteiger partial charge in [0.2, 0.25) is 0 Å². The lowest BCUT2D eigenvalue weighted by Gasteiger charge is -2.07. The molecule has 1 atom stereocenters. The third-order valence-corrected chi connectivity index (χ3v) is 2.18. The summed E-state index contributed by atoms with van der Waals surface area (Å²) in [6.45, 7) is 2.13. The van der Waals surface area contributed by atoms with Crippen LogP contribution in [0.1, 0.15) is 18.9 Å². The van der Waals surface area contributed by atoms with Gasteiger partial charge in [-0.05, 0) is 30.4 Å². The van der Waals surface area contributed by atoms with Crippen LogP contribution in [-0.4, -0.2) is 11.7 Å². The molecule has 13 heavy (non-hydrogen) atoms. The van der Waals surface area contributed by atoms with E-state index in [1.807, 2.05) is 13.0 Å². The third kappa shape index (κ3) is 3.15. The smallest absolute Gasteiger partial charge is 0.126 e. The summed E-state index contributed by atoms with van der Waals surface area (Å²) in [5.41, 5.74) is 0.739. The molecule has 1 aromatic rings. The Balaban J connectivity index is 2.50. The van der Waals surface area contributed by atoms with Crippen molar-refractivity contribution in [2.75, 3.05) is 6.61 Å². The van der Waals surface area contributed by atoms with E-state index in [-0.39, 0.29) is 18.3 Å². The summed E-state index contributed by atoms with van der Waals surface area (Å²) in [5.74, 6) is 0.104. The molecule has 1 N–H and O–H groups in total. The zero-order chi connectivity index (χ0) is 9.68. The summed E-state index contributed by atoms with van der Waals surface area (Å²) in [6.07, 6.45) is 1.53. The number of aliphatic hydroxyl groups excluding tert-OH is 1. The third-order valence-electron chi connectivity index (χ3n) is 2.18. The highest BCUT2D eigenvalue weighted by molar-refractivity contribution is 5.17. The Morgan fingerprint density at radius 2 is 2.08 bits per heavy atom. The van der Waals surface area contributed by atoms with Crippen LogP contribution >= 0.6 is 0 Å². The highest BCUT2D eigenvalue weighted by atomic mass is 19.1. The van der Waals surface area contributed by atoms with Crippen molar-refractivity contribution in [2.45, 2.75) is 19.8 Å².